The molecule has 0 N–H and O–H groups in total. The van der Waals surface area contributed by atoms with E-state index in [-0.39, 0.29) is 25.6 Å². The van der Waals surface area contributed by atoms with E-state index in [0.29, 0.717) is 6.42 Å². The second kappa shape index (κ2) is 11.1. The Balaban J connectivity index is 2.28. The van der Waals surface area contributed by atoms with Gasteiger partial charge in [0.05, 0.1) is 21.3 Å². The molecule has 0 aliphatic heterocycles. The van der Waals surface area contributed by atoms with Crippen molar-refractivity contribution in [3.63, 3.8) is 0 Å². The Morgan fingerprint density at radius 3 is 2.20 bits per heavy atom. The molecule has 0 radical (unpaired) electrons. The van der Waals surface area contributed by atoms with E-state index in [0.717, 1.165) is 6.04 Å². The molecule has 0 spiro atoms. The summed E-state index contributed by atoms with van der Waals surface area (Å²) in [6.45, 7) is 8.62. The first-order valence-corrected chi connectivity index (χ1v) is 14.0. The van der Waals surface area contributed by atoms with Crippen molar-refractivity contribution in [3.8, 4) is 0 Å². The monoisotopic (exact) mass is 426 g/mol. The highest BCUT2D eigenvalue weighted by Gasteiger charge is 2.53. The van der Waals surface area contributed by atoms with Crippen molar-refractivity contribution in [1.82, 2.24) is 0 Å². The van der Waals surface area contributed by atoms with Crippen LogP contribution in [0.2, 0.25) is 19.1 Å². The molecular formula is C25H34O4Si. The lowest BCUT2D eigenvalue weighted by molar-refractivity contribution is -0.175. The van der Waals surface area contributed by atoms with Crippen molar-refractivity contribution in [1.29, 1.82) is 0 Å². The molecule has 0 saturated heterocycles. The molecular weight excluding hydrogens is 392 g/mol. The van der Waals surface area contributed by atoms with Gasteiger partial charge < -0.3 is 9.47 Å². The average molecular weight is 427 g/mol. The van der Waals surface area contributed by atoms with Crippen molar-refractivity contribution in [2.45, 2.75) is 45.8 Å². The third kappa shape index (κ3) is 5.60. The van der Waals surface area contributed by atoms with Gasteiger partial charge in [-0.2, -0.15) is 0 Å². The summed E-state index contributed by atoms with van der Waals surface area (Å²) in [7, 11) is -1.64. The van der Waals surface area contributed by atoms with Gasteiger partial charge in [0.2, 0.25) is 0 Å². The molecule has 1 unspecified atom stereocenters. The maximum Gasteiger partial charge on any atom is 0.324 e. The Kier molecular flexibility index (Phi) is 8.84. The number of carbonyl (C=O) groups excluding carboxylic acids is 2. The maximum absolute atomic E-state index is 13.1. The quantitative estimate of drug-likeness (QED) is 0.234. The Labute approximate surface area is 181 Å². The van der Waals surface area contributed by atoms with Crippen molar-refractivity contribution < 1.29 is 19.1 Å². The smallest absolute Gasteiger partial charge is 0.324 e. The van der Waals surface area contributed by atoms with E-state index in [2.05, 4.69) is 43.4 Å². The number of ether oxygens (including phenoxy) is 2. The molecule has 0 aromatic heterocycles. The first-order chi connectivity index (χ1) is 14.4. The number of allylic oxidation sites excluding steroid dienone is 6. The summed E-state index contributed by atoms with van der Waals surface area (Å²) in [4.78, 5) is 26.2. The average Bonchev–Trinajstić information content (AvgIpc) is 2.75. The van der Waals surface area contributed by atoms with Crippen molar-refractivity contribution >= 4 is 25.2 Å². The normalized spacial score (nSPS) is 16.6. The van der Waals surface area contributed by atoms with Gasteiger partial charge in [0.1, 0.15) is 0 Å². The molecule has 0 fully saturated rings. The summed E-state index contributed by atoms with van der Waals surface area (Å²) in [6, 6.07) is 11.5. The van der Waals surface area contributed by atoms with Crippen LogP contribution in [0.3, 0.4) is 0 Å². The zero-order valence-electron chi connectivity index (χ0n) is 18.6. The topological polar surface area (TPSA) is 52.6 Å². The fourth-order valence-electron chi connectivity index (χ4n) is 3.82. The third-order valence-corrected chi connectivity index (χ3v) is 8.84. The van der Waals surface area contributed by atoms with E-state index in [1.807, 2.05) is 36.4 Å². The molecule has 1 atom stereocenters. The van der Waals surface area contributed by atoms with Crippen molar-refractivity contribution in [3.05, 3.63) is 66.8 Å². The number of hydrogen-bond donors (Lipinski definition) is 0. The summed E-state index contributed by atoms with van der Waals surface area (Å²) < 4.78 is 10.7. The summed E-state index contributed by atoms with van der Waals surface area (Å²) in [5.41, 5.74) is -1.36. The lowest BCUT2D eigenvalue weighted by atomic mass is 9.70. The predicted octanol–water partition coefficient (Wildman–Crippen LogP) is 4.79. The van der Waals surface area contributed by atoms with Gasteiger partial charge in [-0.05, 0) is 32.7 Å². The Bertz CT molecular complexity index is 775. The van der Waals surface area contributed by atoms with Crippen LogP contribution in [0.4, 0.5) is 0 Å². The highest BCUT2D eigenvalue weighted by Crippen LogP contribution is 2.40. The summed E-state index contributed by atoms with van der Waals surface area (Å²) >= 11 is 0. The Morgan fingerprint density at radius 2 is 1.67 bits per heavy atom. The molecule has 1 aliphatic rings. The SMILES string of the molecule is CCOC(=O)C(C/C=C/C[Si](C)(C)c1ccccc1)(C(=O)OCC)C1C=CC=CC1. The van der Waals surface area contributed by atoms with Gasteiger partial charge in [0.25, 0.3) is 0 Å². The van der Waals surface area contributed by atoms with E-state index in [1.54, 1.807) is 13.8 Å². The molecule has 0 bridgehead atoms. The molecule has 1 aromatic rings. The first kappa shape index (κ1) is 23.9. The van der Waals surface area contributed by atoms with Crippen LogP contribution in [0.1, 0.15) is 26.7 Å². The number of carbonyl (C=O) groups is 2. The molecule has 1 aromatic carbocycles. The van der Waals surface area contributed by atoms with E-state index >= 15 is 0 Å². The van der Waals surface area contributed by atoms with Gasteiger partial charge in [0, 0.05) is 5.92 Å². The Hall–Kier alpha value is -2.40. The second-order valence-electron chi connectivity index (χ2n) is 8.20. The summed E-state index contributed by atoms with van der Waals surface area (Å²) in [5.74, 6) is -1.29. The first-order valence-electron chi connectivity index (χ1n) is 10.8. The van der Waals surface area contributed by atoms with Crippen molar-refractivity contribution in [2.24, 2.45) is 11.3 Å². The minimum Gasteiger partial charge on any atom is -0.465 e. The molecule has 0 amide bonds. The minimum atomic E-state index is -1.64. The van der Waals surface area contributed by atoms with E-state index in [1.165, 1.54) is 5.19 Å². The van der Waals surface area contributed by atoms with E-state index in [4.69, 9.17) is 9.47 Å². The van der Waals surface area contributed by atoms with Gasteiger partial charge >= 0.3 is 11.9 Å². The zero-order valence-corrected chi connectivity index (χ0v) is 19.6. The third-order valence-electron chi connectivity index (χ3n) is 5.68. The lowest BCUT2D eigenvalue weighted by Gasteiger charge is -2.34. The van der Waals surface area contributed by atoms with Gasteiger partial charge in [0.15, 0.2) is 5.41 Å². The maximum atomic E-state index is 13.1. The van der Waals surface area contributed by atoms with Gasteiger partial charge in [-0.1, -0.05) is 85.1 Å². The van der Waals surface area contributed by atoms with E-state index in [9.17, 15) is 9.59 Å². The number of rotatable bonds is 10. The molecule has 0 saturated carbocycles. The van der Waals surface area contributed by atoms with Gasteiger partial charge in [-0.25, -0.2) is 0 Å². The lowest BCUT2D eigenvalue weighted by Crippen LogP contribution is -2.47. The number of benzene rings is 1. The summed E-state index contributed by atoms with van der Waals surface area (Å²) in [6.07, 6.45) is 12.7. The van der Waals surface area contributed by atoms with Crippen LogP contribution in [-0.4, -0.2) is 33.2 Å². The highest BCUT2D eigenvalue weighted by molar-refractivity contribution is 6.90. The predicted molar refractivity (Wildman–Crippen MR) is 124 cm³/mol. The highest BCUT2D eigenvalue weighted by atomic mass is 28.3. The van der Waals surface area contributed by atoms with Gasteiger partial charge in [-0.15, -0.1) is 0 Å². The number of hydrogen-bond acceptors (Lipinski definition) is 4. The molecule has 4 nitrogen and oxygen atoms in total. The van der Waals surface area contributed by atoms with Crippen LogP contribution >= 0.6 is 0 Å². The number of esters is 2. The van der Waals surface area contributed by atoms with Crippen LogP contribution in [0.15, 0.2) is 66.8 Å². The molecule has 5 heteroatoms. The standard InChI is InChI=1S/C25H34O4Si/c1-5-28-23(26)25(24(27)29-6-2,21-15-9-7-10-16-21)19-13-14-20-30(3,4)22-17-11-8-12-18-22/h7-15,17-18,21H,5-6,16,19-20H2,1-4H3/b14-13+. The van der Waals surface area contributed by atoms with Crippen LogP contribution in [0.25, 0.3) is 0 Å². The zero-order chi connectivity index (χ0) is 22.0. The van der Waals surface area contributed by atoms with Crippen LogP contribution in [0.5, 0.6) is 0 Å². The fraction of sp³-hybridized carbons (Fsp3) is 0.440. The molecule has 2 rings (SSSR count). The van der Waals surface area contributed by atoms with Gasteiger partial charge in [-0.3, -0.25) is 9.59 Å². The van der Waals surface area contributed by atoms with Crippen LogP contribution in [0, 0.1) is 11.3 Å². The molecule has 30 heavy (non-hydrogen) atoms. The minimum absolute atomic E-state index is 0.226. The second-order valence-corrected chi connectivity index (χ2v) is 13.0. The van der Waals surface area contributed by atoms with Crippen LogP contribution in [-0.2, 0) is 19.1 Å². The van der Waals surface area contributed by atoms with Crippen molar-refractivity contribution in [2.75, 3.05) is 13.2 Å². The Morgan fingerprint density at radius 1 is 1.03 bits per heavy atom. The largest absolute Gasteiger partial charge is 0.465 e. The van der Waals surface area contributed by atoms with E-state index < -0.39 is 25.4 Å². The molecule has 1 aliphatic carbocycles. The molecule has 162 valence electrons. The van der Waals surface area contributed by atoms with Crippen LogP contribution < -0.4 is 5.19 Å². The molecule has 0 heterocycles. The summed E-state index contributed by atoms with van der Waals surface area (Å²) in [5, 5.41) is 1.39. The fourth-order valence-corrected chi connectivity index (χ4v) is 5.91.